The molecule has 4 nitrogen and oxygen atoms in total. The summed E-state index contributed by atoms with van der Waals surface area (Å²) in [5.74, 6) is 0.385. The third-order valence-electron chi connectivity index (χ3n) is 3.96. The van der Waals surface area contributed by atoms with E-state index in [1.54, 1.807) is 0 Å². The molecule has 1 atom stereocenters. The lowest BCUT2D eigenvalue weighted by Gasteiger charge is -2.33. The smallest absolute Gasteiger partial charge is 0.255 e. The van der Waals surface area contributed by atoms with E-state index in [1.807, 2.05) is 37.8 Å². The van der Waals surface area contributed by atoms with Crippen LogP contribution in [0.15, 0.2) is 12.1 Å². The zero-order valence-electron chi connectivity index (χ0n) is 11.9. The summed E-state index contributed by atoms with van der Waals surface area (Å²) >= 11 is 0. The number of carbonyl (C=O) groups excluding carboxylic acids is 1. The van der Waals surface area contributed by atoms with Gasteiger partial charge in [-0.2, -0.15) is 0 Å². The van der Waals surface area contributed by atoms with Gasteiger partial charge in [0, 0.05) is 18.8 Å². The van der Waals surface area contributed by atoms with Gasteiger partial charge in [0.1, 0.15) is 0 Å². The Kier molecular flexibility index (Phi) is 4.20. The topological polar surface area (TPSA) is 53.4 Å². The number of hydrogen-bond donors (Lipinski definition) is 1. The van der Waals surface area contributed by atoms with Crippen LogP contribution in [0, 0.1) is 19.8 Å². The molecule has 1 fully saturated rings. The van der Waals surface area contributed by atoms with Crippen molar-refractivity contribution in [2.45, 2.75) is 39.7 Å². The molecule has 0 bridgehead atoms. The molecule has 0 radical (unpaired) electrons. The minimum atomic E-state index is -0.278. The minimum Gasteiger partial charge on any atom is -0.393 e. The van der Waals surface area contributed by atoms with E-state index in [9.17, 15) is 9.90 Å². The fraction of sp³-hybridized carbons (Fsp3) is 0.600. The summed E-state index contributed by atoms with van der Waals surface area (Å²) in [5, 5.41) is 9.58. The number of aliphatic hydroxyl groups excluding tert-OH is 1. The molecule has 0 spiro atoms. The molecule has 1 aromatic heterocycles. The highest BCUT2D eigenvalue weighted by atomic mass is 16.3. The first kappa shape index (κ1) is 14.0. The highest BCUT2D eigenvalue weighted by Gasteiger charge is 2.26. The van der Waals surface area contributed by atoms with Gasteiger partial charge in [-0.1, -0.05) is 0 Å². The van der Waals surface area contributed by atoms with E-state index in [4.69, 9.17) is 0 Å². The lowest BCUT2D eigenvalue weighted by atomic mass is 9.92. The van der Waals surface area contributed by atoms with E-state index >= 15 is 0 Å². The minimum absolute atomic E-state index is 0.0639. The number of pyridine rings is 1. The van der Waals surface area contributed by atoms with Gasteiger partial charge in [0.25, 0.3) is 5.91 Å². The van der Waals surface area contributed by atoms with Crippen LogP contribution in [0.4, 0.5) is 0 Å². The Morgan fingerprint density at radius 1 is 1.37 bits per heavy atom. The Bertz CT molecular complexity index is 463. The van der Waals surface area contributed by atoms with E-state index in [-0.39, 0.29) is 12.0 Å². The molecule has 0 aliphatic carbocycles. The molecule has 1 saturated heterocycles. The van der Waals surface area contributed by atoms with E-state index in [0.29, 0.717) is 11.5 Å². The Hall–Kier alpha value is -1.42. The van der Waals surface area contributed by atoms with Gasteiger partial charge in [-0.3, -0.25) is 9.78 Å². The van der Waals surface area contributed by atoms with Crippen LogP contribution in [0.1, 0.15) is 41.5 Å². The molecule has 1 unspecified atom stereocenters. The van der Waals surface area contributed by atoms with Crippen molar-refractivity contribution in [2.75, 3.05) is 13.1 Å². The van der Waals surface area contributed by atoms with Gasteiger partial charge >= 0.3 is 0 Å². The summed E-state index contributed by atoms with van der Waals surface area (Å²) < 4.78 is 0. The van der Waals surface area contributed by atoms with Crippen LogP contribution >= 0.6 is 0 Å². The predicted molar refractivity (Wildman–Crippen MR) is 74.0 cm³/mol. The van der Waals surface area contributed by atoms with Crippen LogP contribution in [-0.4, -0.2) is 40.1 Å². The third kappa shape index (κ3) is 3.13. The highest BCUT2D eigenvalue weighted by Crippen LogP contribution is 2.22. The summed E-state index contributed by atoms with van der Waals surface area (Å²) in [7, 11) is 0. The molecular weight excluding hydrogens is 240 g/mol. The van der Waals surface area contributed by atoms with Crippen molar-refractivity contribution in [3.8, 4) is 0 Å². The number of likely N-dealkylation sites (tertiary alicyclic amines) is 1. The molecule has 2 heterocycles. The zero-order chi connectivity index (χ0) is 14.0. The van der Waals surface area contributed by atoms with Crippen molar-refractivity contribution < 1.29 is 9.90 Å². The van der Waals surface area contributed by atoms with Crippen molar-refractivity contribution in [3.63, 3.8) is 0 Å². The molecule has 1 aromatic rings. The maximum absolute atomic E-state index is 12.4. The second-order valence-corrected chi connectivity index (χ2v) is 5.46. The van der Waals surface area contributed by atoms with Crippen molar-refractivity contribution >= 4 is 5.91 Å². The Balaban J connectivity index is 2.05. The van der Waals surface area contributed by atoms with Crippen molar-refractivity contribution in [1.82, 2.24) is 9.88 Å². The summed E-state index contributed by atoms with van der Waals surface area (Å²) in [6.45, 7) is 7.08. The molecule has 4 heteroatoms. The van der Waals surface area contributed by atoms with Gasteiger partial charge in [0.15, 0.2) is 0 Å². The van der Waals surface area contributed by atoms with Crippen molar-refractivity contribution in [3.05, 3.63) is 29.1 Å². The number of rotatable bonds is 2. The Morgan fingerprint density at radius 2 is 2.00 bits per heavy atom. The van der Waals surface area contributed by atoms with Gasteiger partial charge in [-0.25, -0.2) is 0 Å². The first-order valence-corrected chi connectivity index (χ1v) is 6.90. The van der Waals surface area contributed by atoms with Crippen molar-refractivity contribution in [2.24, 2.45) is 5.92 Å². The Labute approximate surface area is 114 Å². The van der Waals surface area contributed by atoms with Gasteiger partial charge in [0.05, 0.1) is 17.4 Å². The van der Waals surface area contributed by atoms with Crippen LogP contribution in [0.3, 0.4) is 0 Å². The normalized spacial score (nSPS) is 18.4. The van der Waals surface area contributed by atoms with E-state index in [0.717, 1.165) is 37.3 Å². The zero-order valence-corrected chi connectivity index (χ0v) is 11.9. The highest BCUT2D eigenvalue weighted by molar-refractivity contribution is 5.95. The van der Waals surface area contributed by atoms with Crippen LogP contribution in [-0.2, 0) is 0 Å². The van der Waals surface area contributed by atoms with Gasteiger partial charge in [-0.05, 0) is 51.7 Å². The number of hydrogen-bond acceptors (Lipinski definition) is 3. The molecule has 0 aromatic carbocycles. The number of carbonyl (C=O) groups is 1. The largest absolute Gasteiger partial charge is 0.393 e. The first-order chi connectivity index (χ1) is 8.99. The predicted octanol–water partition coefficient (Wildman–Crippen LogP) is 1.93. The standard InChI is InChI=1S/C15H22N2O2/c1-10-4-5-14(11(2)16-10)15(19)17-8-6-13(7-9-17)12(3)18/h4-5,12-13,18H,6-9H2,1-3H3. The second kappa shape index (κ2) is 5.70. The molecule has 1 aliphatic rings. The molecular formula is C15H22N2O2. The quantitative estimate of drug-likeness (QED) is 0.886. The average molecular weight is 262 g/mol. The van der Waals surface area contributed by atoms with Gasteiger partial charge < -0.3 is 10.0 Å². The summed E-state index contributed by atoms with van der Waals surface area (Å²) in [6.07, 6.45) is 1.48. The second-order valence-electron chi connectivity index (χ2n) is 5.46. The fourth-order valence-corrected chi connectivity index (χ4v) is 2.67. The molecule has 104 valence electrons. The average Bonchev–Trinajstić information content (AvgIpc) is 2.38. The molecule has 2 rings (SSSR count). The molecule has 1 N–H and O–H groups in total. The van der Waals surface area contributed by atoms with E-state index in [2.05, 4.69) is 4.98 Å². The summed E-state index contributed by atoms with van der Waals surface area (Å²) in [5.41, 5.74) is 2.42. The molecule has 19 heavy (non-hydrogen) atoms. The lowest BCUT2D eigenvalue weighted by Crippen LogP contribution is -2.41. The monoisotopic (exact) mass is 262 g/mol. The molecule has 1 amide bonds. The van der Waals surface area contributed by atoms with E-state index in [1.165, 1.54) is 0 Å². The van der Waals surface area contributed by atoms with Crippen LogP contribution in [0.2, 0.25) is 0 Å². The maximum atomic E-state index is 12.4. The SMILES string of the molecule is Cc1ccc(C(=O)N2CCC(C(C)O)CC2)c(C)n1. The fourth-order valence-electron chi connectivity index (χ4n) is 2.67. The van der Waals surface area contributed by atoms with Crippen LogP contribution in [0.25, 0.3) is 0 Å². The van der Waals surface area contributed by atoms with Gasteiger partial charge in [0.2, 0.25) is 0 Å². The van der Waals surface area contributed by atoms with Crippen LogP contribution in [0.5, 0.6) is 0 Å². The van der Waals surface area contributed by atoms with Gasteiger partial charge in [-0.15, -0.1) is 0 Å². The lowest BCUT2D eigenvalue weighted by molar-refractivity contribution is 0.0520. The third-order valence-corrected chi connectivity index (χ3v) is 3.96. The number of amides is 1. The number of aryl methyl sites for hydroxylation is 2. The molecule has 0 saturated carbocycles. The first-order valence-electron chi connectivity index (χ1n) is 6.90. The Morgan fingerprint density at radius 3 is 2.53 bits per heavy atom. The summed E-state index contributed by atoms with van der Waals surface area (Å²) in [4.78, 5) is 18.7. The molecule has 1 aliphatic heterocycles. The number of nitrogens with zero attached hydrogens (tertiary/aromatic N) is 2. The van der Waals surface area contributed by atoms with E-state index < -0.39 is 0 Å². The van der Waals surface area contributed by atoms with Crippen molar-refractivity contribution in [1.29, 1.82) is 0 Å². The number of piperidine rings is 1. The number of aliphatic hydroxyl groups is 1. The number of aromatic nitrogens is 1. The maximum Gasteiger partial charge on any atom is 0.255 e. The summed E-state index contributed by atoms with van der Waals surface area (Å²) in [6, 6.07) is 3.74. The van der Waals surface area contributed by atoms with Crippen LogP contribution < -0.4 is 0 Å².